The van der Waals surface area contributed by atoms with Gasteiger partial charge in [-0.3, -0.25) is 4.79 Å². The minimum atomic E-state index is 0.0225. The van der Waals surface area contributed by atoms with Gasteiger partial charge in [-0.2, -0.15) is 5.10 Å². The Morgan fingerprint density at radius 2 is 1.88 bits per heavy atom. The number of nitrogens with zero attached hydrogens (tertiary/aromatic N) is 4. The molecule has 2 aromatic rings. The Morgan fingerprint density at radius 3 is 2.46 bits per heavy atom. The summed E-state index contributed by atoms with van der Waals surface area (Å²) in [7, 11) is 1.99. The maximum Gasteiger partial charge on any atom is 0.275 e. The van der Waals surface area contributed by atoms with Gasteiger partial charge in [0.05, 0.1) is 4.47 Å². The number of fused-ring (bicyclic) bond motifs is 1. The number of carbonyl (C=O) groups is 1. The van der Waals surface area contributed by atoms with E-state index in [9.17, 15) is 4.79 Å². The number of carbonyl (C=O) groups excluding carboxylic acids is 1. The monoisotopic (exact) mass is 388 g/mol. The van der Waals surface area contributed by atoms with Gasteiger partial charge in [0, 0.05) is 25.0 Å². The molecule has 0 atom stereocenters. The maximum absolute atomic E-state index is 13.2. The van der Waals surface area contributed by atoms with Crippen molar-refractivity contribution in [1.82, 2.24) is 19.5 Å². The van der Waals surface area contributed by atoms with Crippen molar-refractivity contribution in [1.29, 1.82) is 0 Å². The van der Waals surface area contributed by atoms with Crippen LogP contribution in [0, 0.1) is 17.8 Å². The van der Waals surface area contributed by atoms with Gasteiger partial charge in [0.15, 0.2) is 11.3 Å². The zero-order chi connectivity index (χ0) is 16.5. The molecule has 0 spiro atoms. The predicted molar refractivity (Wildman–Crippen MR) is 93.7 cm³/mol. The van der Waals surface area contributed by atoms with Crippen molar-refractivity contribution in [2.24, 2.45) is 17.8 Å². The van der Waals surface area contributed by atoms with Crippen LogP contribution < -0.4 is 0 Å². The van der Waals surface area contributed by atoms with E-state index in [0.29, 0.717) is 15.8 Å². The van der Waals surface area contributed by atoms with Gasteiger partial charge in [0.25, 0.3) is 5.91 Å². The Morgan fingerprint density at radius 1 is 1.25 bits per heavy atom. The molecule has 2 aromatic heterocycles. The van der Waals surface area contributed by atoms with Gasteiger partial charge in [0.1, 0.15) is 0 Å². The number of aromatic nitrogens is 3. The van der Waals surface area contributed by atoms with Gasteiger partial charge in [-0.1, -0.05) is 0 Å². The third kappa shape index (κ3) is 2.01. The summed E-state index contributed by atoms with van der Waals surface area (Å²) in [4.78, 5) is 19.6. The van der Waals surface area contributed by atoms with E-state index >= 15 is 0 Å². The highest BCUT2D eigenvalue weighted by molar-refractivity contribution is 9.10. The van der Waals surface area contributed by atoms with Gasteiger partial charge in [-0.25, -0.2) is 9.50 Å². The van der Waals surface area contributed by atoms with E-state index in [0.717, 1.165) is 17.8 Å². The van der Waals surface area contributed by atoms with Gasteiger partial charge < -0.3 is 4.90 Å². The summed E-state index contributed by atoms with van der Waals surface area (Å²) in [6.07, 6.45) is 11.2. The molecule has 4 aliphatic rings. The topological polar surface area (TPSA) is 50.5 Å². The van der Waals surface area contributed by atoms with Crippen molar-refractivity contribution in [3.63, 3.8) is 0 Å². The molecule has 4 saturated carbocycles. The molecule has 2 heterocycles. The number of halogens is 1. The Kier molecular flexibility index (Phi) is 3.12. The highest BCUT2D eigenvalue weighted by Gasteiger charge is 2.54. The van der Waals surface area contributed by atoms with Crippen molar-refractivity contribution in [2.45, 2.75) is 44.1 Å². The third-order valence-corrected chi connectivity index (χ3v) is 7.29. The molecule has 0 aliphatic heterocycles. The second-order valence-corrected chi connectivity index (χ2v) is 8.85. The normalized spacial score (nSPS) is 34.0. The van der Waals surface area contributed by atoms with Crippen LogP contribution in [0.5, 0.6) is 0 Å². The average molecular weight is 389 g/mol. The van der Waals surface area contributed by atoms with E-state index in [-0.39, 0.29) is 11.4 Å². The van der Waals surface area contributed by atoms with E-state index < -0.39 is 0 Å². The smallest absolute Gasteiger partial charge is 0.275 e. The van der Waals surface area contributed by atoms with Crippen LogP contribution >= 0.6 is 15.9 Å². The lowest BCUT2D eigenvalue weighted by molar-refractivity contribution is -0.0667. The van der Waals surface area contributed by atoms with Crippen molar-refractivity contribution < 1.29 is 4.79 Å². The van der Waals surface area contributed by atoms with Crippen molar-refractivity contribution in [3.8, 4) is 0 Å². The van der Waals surface area contributed by atoms with Gasteiger partial charge in [-0.15, -0.1) is 0 Å². The summed E-state index contributed by atoms with van der Waals surface area (Å²) in [6, 6.07) is 1.82. The summed E-state index contributed by atoms with van der Waals surface area (Å²) < 4.78 is 2.37. The average Bonchev–Trinajstić information content (AvgIpc) is 2.90. The molecular weight excluding hydrogens is 368 g/mol. The number of rotatable bonds is 2. The second kappa shape index (κ2) is 5.04. The number of hydrogen-bond donors (Lipinski definition) is 0. The zero-order valence-corrected chi connectivity index (χ0v) is 15.4. The van der Waals surface area contributed by atoms with Gasteiger partial charge in [0.2, 0.25) is 0 Å². The van der Waals surface area contributed by atoms with Crippen LogP contribution in [-0.4, -0.2) is 38.0 Å². The molecule has 5 nitrogen and oxygen atoms in total. The fourth-order valence-electron chi connectivity index (χ4n) is 5.85. The maximum atomic E-state index is 13.2. The van der Waals surface area contributed by atoms with Crippen molar-refractivity contribution in [2.75, 3.05) is 7.05 Å². The SMILES string of the molecule is CN(C(=O)c1nn2cccnc2c1Br)C12CC3CC(CC(C3)C1)C2. The van der Waals surface area contributed by atoms with Crippen LogP contribution in [0.2, 0.25) is 0 Å². The van der Waals surface area contributed by atoms with Crippen molar-refractivity contribution in [3.05, 3.63) is 28.6 Å². The highest BCUT2D eigenvalue weighted by Crippen LogP contribution is 2.57. The molecule has 0 aromatic carbocycles. The standard InChI is InChI=1S/C18H21BrN4O/c1-22(18-8-11-5-12(9-18)7-13(6-11)10-18)17(24)15-14(19)16-20-3-2-4-23(16)21-15/h2-4,11-13H,5-10H2,1H3. The van der Waals surface area contributed by atoms with Crippen LogP contribution in [0.3, 0.4) is 0 Å². The summed E-state index contributed by atoms with van der Waals surface area (Å²) in [5.41, 5.74) is 1.22. The molecule has 6 heteroatoms. The molecule has 4 aliphatic carbocycles. The molecule has 1 amide bonds. The van der Waals surface area contributed by atoms with E-state index in [1.54, 1.807) is 10.7 Å². The molecule has 6 rings (SSSR count). The van der Waals surface area contributed by atoms with Crippen LogP contribution in [0.1, 0.15) is 49.0 Å². The Hall–Kier alpha value is -1.43. The summed E-state index contributed by atoms with van der Waals surface area (Å²) in [5.74, 6) is 2.47. The third-order valence-electron chi connectivity index (χ3n) is 6.56. The second-order valence-electron chi connectivity index (χ2n) is 8.06. The quantitative estimate of drug-likeness (QED) is 0.790. The first-order chi connectivity index (χ1) is 11.6. The van der Waals surface area contributed by atoms with Crippen LogP contribution in [0.4, 0.5) is 0 Å². The van der Waals surface area contributed by atoms with E-state index in [1.165, 1.54) is 38.5 Å². The van der Waals surface area contributed by atoms with Gasteiger partial charge >= 0.3 is 0 Å². The van der Waals surface area contributed by atoms with E-state index in [4.69, 9.17) is 0 Å². The fourth-order valence-corrected chi connectivity index (χ4v) is 6.38. The molecule has 24 heavy (non-hydrogen) atoms. The molecule has 4 fully saturated rings. The number of hydrogen-bond acceptors (Lipinski definition) is 3. The summed E-state index contributed by atoms with van der Waals surface area (Å²) >= 11 is 3.54. The minimum absolute atomic E-state index is 0.0225. The lowest BCUT2D eigenvalue weighted by Gasteiger charge is -2.59. The summed E-state index contributed by atoms with van der Waals surface area (Å²) in [5, 5.41) is 4.48. The molecule has 0 unspecified atom stereocenters. The molecular formula is C18H21BrN4O. The molecule has 0 saturated heterocycles. The Bertz CT molecular complexity index is 794. The van der Waals surface area contributed by atoms with Gasteiger partial charge in [-0.05, 0) is 78.3 Å². The summed E-state index contributed by atoms with van der Waals surface area (Å²) in [6.45, 7) is 0. The minimum Gasteiger partial charge on any atom is -0.335 e. The highest BCUT2D eigenvalue weighted by atomic mass is 79.9. The van der Waals surface area contributed by atoms with Crippen LogP contribution in [-0.2, 0) is 0 Å². The van der Waals surface area contributed by atoms with E-state index in [1.807, 2.05) is 24.2 Å². The zero-order valence-electron chi connectivity index (χ0n) is 13.8. The first-order valence-corrected chi connectivity index (χ1v) is 9.62. The largest absolute Gasteiger partial charge is 0.335 e. The molecule has 4 bridgehead atoms. The first kappa shape index (κ1) is 14.9. The van der Waals surface area contributed by atoms with E-state index in [2.05, 4.69) is 26.0 Å². The molecule has 126 valence electrons. The number of amides is 1. The molecule has 0 radical (unpaired) electrons. The molecule has 0 N–H and O–H groups in total. The Balaban J connectivity index is 1.51. The van der Waals surface area contributed by atoms with Crippen molar-refractivity contribution >= 4 is 27.5 Å². The first-order valence-electron chi connectivity index (χ1n) is 8.83. The lowest BCUT2D eigenvalue weighted by Crippen LogP contribution is -2.60. The Labute approximate surface area is 149 Å². The fraction of sp³-hybridized carbons (Fsp3) is 0.611. The predicted octanol–water partition coefficient (Wildman–Crippen LogP) is 3.53. The van der Waals surface area contributed by atoms with Crippen LogP contribution in [0.25, 0.3) is 5.65 Å². The lowest BCUT2D eigenvalue weighted by atomic mass is 9.52. The van der Waals surface area contributed by atoms with Crippen LogP contribution in [0.15, 0.2) is 22.9 Å².